The lowest BCUT2D eigenvalue weighted by atomic mass is 9.96. The van der Waals surface area contributed by atoms with E-state index in [0.29, 0.717) is 0 Å². The Hall–Kier alpha value is 0.400. The van der Waals surface area contributed by atoms with Crippen molar-refractivity contribution >= 4 is 15.9 Å². The van der Waals surface area contributed by atoms with Crippen LogP contribution in [0.2, 0.25) is 0 Å². The predicted octanol–water partition coefficient (Wildman–Crippen LogP) is 6.59. The summed E-state index contributed by atoms with van der Waals surface area (Å²) >= 11 is 3.49. The molecule has 0 amide bonds. The maximum absolute atomic E-state index is 10.3. The smallest absolute Gasteiger partial charge is 0.160 e. The molecule has 138 valence electrons. The van der Waals surface area contributed by atoms with Crippen LogP contribution in [0.15, 0.2) is 0 Å². The zero-order chi connectivity index (χ0) is 17.2. The van der Waals surface area contributed by atoms with Crippen LogP contribution in [-0.2, 0) is 4.74 Å². The lowest BCUT2D eigenvalue weighted by Gasteiger charge is -2.29. The van der Waals surface area contributed by atoms with Crippen molar-refractivity contribution in [1.82, 2.24) is 0 Å². The molecule has 0 radical (unpaired) electrons. The third-order valence-corrected chi connectivity index (χ3v) is 5.50. The number of rotatable bonds is 14. The van der Waals surface area contributed by atoms with Crippen molar-refractivity contribution in [3.05, 3.63) is 0 Å². The number of aliphatic hydroxyl groups excluding tert-OH is 1. The van der Waals surface area contributed by atoms with E-state index in [0.717, 1.165) is 24.6 Å². The first-order valence-corrected chi connectivity index (χ1v) is 10.9. The molecule has 1 N–H and O–H groups in total. The molecule has 2 nitrogen and oxygen atoms in total. The minimum Gasteiger partial charge on any atom is -0.367 e. The molecular weight excluding hydrogens is 352 g/mol. The van der Waals surface area contributed by atoms with Crippen LogP contribution in [-0.4, -0.2) is 22.3 Å². The Morgan fingerprint density at radius 2 is 1.30 bits per heavy atom. The molecule has 1 rings (SSSR count). The van der Waals surface area contributed by atoms with Crippen LogP contribution in [0.25, 0.3) is 0 Å². The molecule has 3 heteroatoms. The van der Waals surface area contributed by atoms with E-state index >= 15 is 0 Å². The summed E-state index contributed by atoms with van der Waals surface area (Å²) in [5, 5.41) is 11.5. The van der Waals surface area contributed by atoms with Crippen molar-refractivity contribution in [2.45, 2.75) is 116 Å². The van der Waals surface area contributed by atoms with Crippen LogP contribution in [0.5, 0.6) is 0 Å². The number of hydrogen-bond acceptors (Lipinski definition) is 2. The summed E-state index contributed by atoms with van der Waals surface area (Å²) in [6, 6.07) is 0. The maximum atomic E-state index is 10.3. The first kappa shape index (κ1) is 21.4. The third-order valence-electron chi connectivity index (χ3n) is 4.94. The third kappa shape index (κ3) is 10.1. The van der Waals surface area contributed by atoms with Crippen LogP contribution < -0.4 is 0 Å². The molecule has 0 saturated heterocycles. The van der Waals surface area contributed by atoms with Gasteiger partial charge < -0.3 is 9.84 Å². The Kier molecular flexibility index (Phi) is 10.3. The molecule has 0 heterocycles. The molecule has 1 unspecified atom stereocenters. The molecule has 1 saturated carbocycles. The zero-order valence-corrected chi connectivity index (χ0v) is 17.3. The molecule has 1 fully saturated rings. The summed E-state index contributed by atoms with van der Waals surface area (Å²) in [5.41, 5.74) is -0.160. The fourth-order valence-electron chi connectivity index (χ4n) is 3.23. The Bertz CT molecular complexity index is 295. The quantitative estimate of drug-likeness (QED) is 0.206. The summed E-state index contributed by atoms with van der Waals surface area (Å²) in [4.78, 5) is 0. The normalized spacial score (nSPS) is 18.1. The highest BCUT2D eigenvalue weighted by atomic mass is 79.9. The van der Waals surface area contributed by atoms with Gasteiger partial charge in [-0.05, 0) is 46.5 Å². The van der Waals surface area contributed by atoms with Crippen LogP contribution in [0, 0.1) is 5.41 Å². The molecule has 0 aromatic rings. The molecule has 0 bridgehead atoms. The van der Waals surface area contributed by atoms with Gasteiger partial charge in [0.2, 0.25) is 0 Å². The molecule has 0 spiro atoms. The van der Waals surface area contributed by atoms with E-state index in [2.05, 4.69) is 15.9 Å². The van der Waals surface area contributed by atoms with Gasteiger partial charge in [-0.1, -0.05) is 73.7 Å². The molecular formula is C20H39BrO2. The van der Waals surface area contributed by atoms with Gasteiger partial charge in [0.05, 0.1) is 5.60 Å². The second-order valence-corrected chi connectivity index (χ2v) is 9.21. The van der Waals surface area contributed by atoms with E-state index in [9.17, 15) is 5.11 Å². The van der Waals surface area contributed by atoms with Gasteiger partial charge in [0.15, 0.2) is 6.29 Å². The van der Waals surface area contributed by atoms with E-state index in [1.54, 1.807) is 0 Å². The van der Waals surface area contributed by atoms with Crippen LogP contribution in [0.1, 0.15) is 104 Å². The van der Waals surface area contributed by atoms with E-state index in [-0.39, 0.29) is 11.0 Å². The first-order chi connectivity index (χ1) is 10.9. The standard InChI is InChI=1S/C20H39BrO2/c1-19(2,3)23-18(22)20(15-16-20)14-12-10-8-6-4-5-7-9-11-13-17-21/h18,22H,4-17H2,1-3H3. The highest BCUT2D eigenvalue weighted by Gasteiger charge is 2.49. The van der Waals surface area contributed by atoms with Gasteiger partial charge in [0.1, 0.15) is 0 Å². The number of hydrogen-bond donors (Lipinski definition) is 1. The van der Waals surface area contributed by atoms with Gasteiger partial charge in [-0.25, -0.2) is 0 Å². The Morgan fingerprint density at radius 3 is 1.70 bits per heavy atom. The van der Waals surface area contributed by atoms with Gasteiger partial charge >= 0.3 is 0 Å². The maximum Gasteiger partial charge on any atom is 0.160 e. The van der Waals surface area contributed by atoms with Crippen molar-refractivity contribution in [2.75, 3.05) is 5.33 Å². The summed E-state index contributed by atoms with van der Waals surface area (Å²) in [5.74, 6) is 0. The van der Waals surface area contributed by atoms with Crippen LogP contribution in [0.4, 0.5) is 0 Å². The number of alkyl halides is 1. The topological polar surface area (TPSA) is 29.5 Å². The van der Waals surface area contributed by atoms with Gasteiger partial charge in [0.25, 0.3) is 0 Å². The van der Waals surface area contributed by atoms with Crippen molar-refractivity contribution in [3.8, 4) is 0 Å². The monoisotopic (exact) mass is 390 g/mol. The summed E-state index contributed by atoms with van der Waals surface area (Å²) in [6.45, 7) is 6.06. The van der Waals surface area contributed by atoms with Gasteiger partial charge in [0, 0.05) is 10.7 Å². The zero-order valence-electron chi connectivity index (χ0n) is 15.7. The molecule has 0 aromatic heterocycles. The molecule has 1 aliphatic carbocycles. The van der Waals surface area contributed by atoms with Gasteiger partial charge in [-0.3, -0.25) is 0 Å². The molecule has 1 aliphatic rings. The Morgan fingerprint density at radius 1 is 0.870 bits per heavy atom. The van der Waals surface area contributed by atoms with Gasteiger partial charge in [-0.2, -0.15) is 0 Å². The summed E-state index contributed by atoms with van der Waals surface area (Å²) in [7, 11) is 0. The minimum absolute atomic E-state index is 0.0860. The van der Waals surface area contributed by atoms with Crippen molar-refractivity contribution in [1.29, 1.82) is 0 Å². The summed E-state index contributed by atoms with van der Waals surface area (Å²) < 4.78 is 5.77. The highest BCUT2D eigenvalue weighted by molar-refractivity contribution is 9.09. The fourth-order valence-corrected chi connectivity index (χ4v) is 3.62. The molecule has 23 heavy (non-hydrogen) atoms. The first-order valence-electron chi connectivity index (χ1n) is 9.81. The van der Waals surface area contributed by atoms with E-state index in [1.165, 1.54) is 64.2 Å². The van der Waals surface area contributed by atoms with Crippen LogP contribution >= 0.6 is 15.9 Å². The fraction of sp³-hybridized carbons (Fsp3) is 1.00. The second-order valence-electron chi connectivity index (χ2n) is 8.42. The molecule has 1 atom stereocenters. The number of ether oxygens (including phenoxy) is 1. The lowest BCUT2D eigenvalue weighted by Crippen LogP contribution is -2.33. The van der Waals surface area contributed by atoms with Crippen molar-refractivity contribution < 1.29 is 9.84 Å². The van der Waals surface area contributed by atoms with Crippen molar-refractivity contribution in [2.24, 2.45) is 5.41 Å². The number of aliphatic hydroxyl groups is 1. The van der Waals surface area contributed by atoms with Crippen molar-refractivity contribution in [3.63, 3.8) is 0 Å². The van der Waals surface area contributed by atoms with Gasteiger partial charge in [-0.15, -0.1) is 0 Å². The van der Waals surface area contributed by atoms with E-state index in [1.807, 2.05) is 20.8 Å². The van der Waals surface area contributed by atoms with E-state index in [4.69, 9.17) is 4.74 Å². The minimum atomic E-state index is -0.568. The largest absolute Gasteiger partial charge is 0.367 e. The number of halogens is 1. The Labute approximate surface area is 152 Å². The average Bonchev–Trinajstić information content (AvgIpc) is 3.24. The second kappa shape index (κ2) is 11.1. The predicted molar refractivity (Wildman–Crippen MR) is 103 cm³/mol. The average molecular weight is 391 g/mol. The number of unbranched alkanes of at least 4 members (excludes halogenated alkanes) is 9. The summed E-state index contributed by atoms with van der Waals surface area (Å²) in [6.07, 6.45) is 16.5. The molecule has 0 aliphatic heterocycles. The lowest BCUT2D eigenvalue weighted by molar-refractivity contribution is -0.201. The van der Waals surface area contributed by atoms with Crippen LogP contribution in [0.3, 0.4) is 0 Å². The Balaban J connectivity index is 1.95. The highest BCUT2D eigenvalue weighted by Crippen LogP contribution is 2.53. The van der Waals surface area contributed by atoms with E-state index < -0.39 is 6.29 Å². The SMILES string of the molecule is CC(C)(C)OC(O)C1(CCCCCCCCCCCCBr)CC1. The molecule has 0 aromatic carbocycles.